The molecule has 1 heterocycles. The molecule has 0 unspecified atom stereocenters. The highest BCUT2D eigenvalue weighted by atomic mass is 79.9. The molecule has 0 N–H and O–H groups in total. The molecule has 1 aromatic heterocycles. The molecular weight excluding hydrogens is 478 g/mol. The average molecular weight is 504 g/mol. The zero-order valence-corrected chi connectivity index (χ0v) is 20.6. The minimum atomic E-state index is -0.320. The van der Waals surface area contributed by atoms with E-state index in [0.717, 1.165) is 44.0 Å². The van der Waals surface area contributed by atoms with Crippen molar-refractivity contribution in [1.29, 1.82) is 0 Å². The van der Waals surface area contributed by atoms with Crippen LogP contribution in [0.15, 0.2) is 83.3 Å². The minimum absolute atomic E-state index is 0.320. The molecule has 168 valence electrons. The molecule has 0 spiro atoms. The number of hydrogen-bond donors (Lipinski definition) is 0. The molecule has 0 saturated heterocycles. The number of nitrogens with zero attached hydrogens (tertiary/aromatic N) is 1. The lowest BCUT2D eigenvalue weighted by Gasteiger charge is -2.17. The maximum atomic E-state index is 12.3. The first kappa shape index (κ1) is 22.9. The number of benzene rings is 3. The van der Waals surface area contributed by atoms with E-state index in [1.165, 1.54) is 0 Å². The van der Waals surface area contributed by atoms with Crippen LogP contribution < -0.4 is 4.74 Å². The van der Waals surface area contributed by atoms with E-state index in [9.17, 15) is 4.79 Å². The maximum Gasteiger partial charge on any atom is 0.338 e. The van der Waals surface area contributed by atoms with Crippen LogP contribution in [0.2, 0.25) is 0 Å². The van der Waals surface area contributed by atoms with Crippen molar-refractivity contribution in [2.45, 2.75) is 27.4 Å². The minimum Gasteiger partial charge on any atom is -0.488 e. The second-order valence-corrected chi connectivity index (χ2v) is 8.80. The lowest BCUT2D eigenvalue weighted by atomic mass is 10.1. The summed E-state index contributed by atoms with van der Waals surface area (Å²) in [6.07, 6.45) is 0. The van der Waals surface area contributed by atoms with Crippen LogP contribution in [0.1, 0.15) is 34.1 Å². The average Bonchev–Trinajstić information content (AvgIpc) is 3.20. The van der Waals surface area contributed by atoms with Gasteiger partial charge in [-0.15, -0.1) is 0 Å². The van der Waals surface area contributed by atoms with Gasteiger partial charge >= 0.3 is 5.97 Å². The normalized spacial score (nSPS) is 10.8. The first-order valence-electron chi connectivity index (χ1n) is 10.9. The summed E-state index contributed by atoms with van der Waals surface area (Å²) in [6.45, 7) is 6.76. The Kier molecular flexibility index (Phi) is 6.99. The molecule has 0 aliphatic heterocycles. The second kappa shape index (κ2) is 10.1. The Morgan fingerprint density at radius 2 is 1.73 bits per heavy atom. The Hall–Kier alpha value is -3.31. The van der Waals surface area contributed by atoms with Gasteiger partial charge in [0, 0.05) is 21.4 Å². The first-order chi connectivity index (χ1) is 16.0. The van der Waals surface area contributed by atoms with Gasteiger partial charge in [0.2, 0.25) is 0 Å². The lowest BCUT2D eigenvalue weighted by molar-refractivity contribution is 0.0526. The summed E-state index contributed by atoms with van der Waals surface area (Å²) in [5, 5.41) is 0. The van der Waals surface area contributed by atoms with E-state index < -0.39 is 0 Å². The van der Waals surface area contributed by atoms with Crippen LogP contribution in [-0.4, -0.2) is 17.1 Å². The number of carbonyl (C=O) groups excluding carboxylic acids is 1. The highest BCUT2D eigenvalue weighted by Gasteiger charge is 2.16. The zero-order chi connectivity index (χ0) is 23.4. The lowest BCUT2D eigenvalue weighted by Crippen LogP contribution is -2.07. The Bertz CT molecular complexity index is 1270. The molecule has 4 aromatic rings. The topological polar surface area (TPSA) is 40.5 Å². The third-order valence-electron chi connectivity index (χ3n) is 5.41. The van der Waals surface area contributed by atoms with E-state index in [4.69, 9.17) is 9.47 Å². The van der Waals surface area contributed by atoms with Gasteiger partial charge in [-0.05, 0) is 80.9 Å². The number of rotatable bonds is 7. The number of halogens is 1. The summed E-state index contributed by atoms with van der Waals surface area (Å²) >= 11 is 3.47. The van der Waals surface area contributed by atoms with E-state index in [0.29, 0.717) is 18.8 Å². The maximum absolute atomic E-state index is 12.3. The summed E-state index contributed by atoms with van der Waals surface area (Å²) in [6, 6.07) is 26.0. The predicted molar refractivity (Wildman–Crippen MR) is 135 cm³/mol. The van der Waals surface area contributed by atoms with Crippen molar-refractivity contribution in [3.05, 3.63) is 106 Å². The van der Waals surface area contributed by atoms with E-state index in [1.54, 1.807) is 6.07 Å². The fourth-order valence-corrected chi connectivity index (χ4v) is 4.05. The molecule has 4 nitrogen and oxygen atoms in total. The molecule has 4 rings (SSSR count). The largest absolute Gasteiger partial charge is 0.488 e. The number of esters is 1. The van der Waals surface area contributed by atoms with Crippen LogP contribution in [0.25, 0.3) is 16.9 Å². The Morgan fingerprint density at radius 3 is 2.48 bits per heavy atom. The van der Waals surface area contributed by atoms with Crippen molar-refractivity contribution in [2.24, 2.45) is 0 Å². The van der Waals surface area contributed by atoms with Crippen molar-refractivity contribution in [3.8, 4) is 22.7 Å². The van der Waals surface area contributed by atoms with Crippen molar-refractivity contribution in [3.63, 3.8) is 0 Å². The van der Waals surface area contributed by atoms with E-state index in [-0.39, 0.29) is 5.97 Å². The SMILES string of the molecule is CCOC(=O)c1cccc(-n2c(C)ccc2-c2cc(C)ccc2OCc2ccc(Br)cc2)c1. The van der Waals surface area contributed by atoms with Gasteiger partial charge in [-0.2, -0.15) is 0 Å². The highest BCUT2D eigenvalue weighted by molar-refractivity contribution is 9.10. The van der Waals surface area contributed by atoms with Crippen LogP contribution in [0.3, 0.4) is 0 Å². The van der Waals surface area contributed by atoms with Crippen LogP contribution >= 0.6 is 15.9 Å². The van der Waals surface area contributed by atoms with Crippen molar-refractivity contribution in [2.75, 3.05) is 6.61 Å². The third kappa shape index (κ3) is 5.20. The van der Waals surface area contributed by atoms with Gasteiger partial charge < -0.3 is 14.0 Å². The van der Waals surface area contributed by atoms with Gasteiger partial charge in [-0.25, -0.2) is 4.79 Å². The molecule has 0 atom stereocenters. The fourth-order valence-electron chi connectivity index (χ4n) is 3.79. The first-order valence-corrected chi connectivity index (χ1v) is 11.7. The van der Waals surface area contributed by atoms with Crippen LogP contribution in [0.4, 0.5) is 0 Å². The summed E-state index contributed by atoms with van der Waals surface area (Å²) in [7, 11) is 0. The Morgan fingerprint density at radius 1 is 0.939 bits per heavy atom. The van der Waals surface area contributed by atoms with Crippen LogP contribution in [-0.2, 0) is 11.3 Å². The molecule has 3 aromatic carbocycles. The molecule has 33 heavy (non-hydrogen) atoms. The molecule has 0 radical (unpaired) electrons. The van der Waals surface area contributed by atoms with E-state index >= 15 is 0 Å². The van der Waals surface area contributed by atoms with Crippen LogP contribution in [0, 0.1) is 13.8 Å². The van der Waals surface area contributed by atoms with Gasteiger partial charge in [0.25, 0.3) is 0 Å². The quantitative estimate of drug-likeness (QED) is 0.249. The molecule has 5 heteroatoms. The second-order valence-electron chi connectivity index (χ2n) is 7.88. The summed E-state index contributed by atoms with van der Waals surface area (Å²) < 4.78 is 14.6. The van der Waals surface area contributed by atoms with Crippen molar-refractivity contribution < 1.29 is 14.3 Å². The molecule has 0 bridgehead atoms. The van der Waals surface area contributed by atoms with Gasteiger partial charge in [0.05, 0.1) is 17.9 Å². The third-order valence-corrected chi connectivity index (χ3v) is 5.94. The van der Waals surface area contributed by atoms with E-state index in [2.05, 4.69) is 58.6 Å². The molecule has 0 aliphatic carbocycles. The summed E-state index contributed by atoms with van der Waals surface area (Å²) in [4.78, 5) is 12.3. The molecule has 0 fully saturated rings. The van der Waals surface area contributed by atoms with Gasteiger partial charge in [0.1, 0.15) is 12.4 Å². The number of hydrogen-bond acceptors (Lipinski definition) is 3. The van der Waals surface area contributed by atoms with Gasteiger partial charge in [-0.3, -0.25) is 0 Å². The summed E-state index contributed by atoms with van der Waals surface area (Å²) in [5.41, 5.74) is 6.74. The summed E-state index contributed by atoms with van der Waals surface area (Å²) in [5.74, 6) is 0.490. The van der Waals surface area contributed by atoms with Crippen molar-refractivity contribution >= 4 is 21.9 Å². The van der Waals surface area contributed by atoms with Gasteiger partial charge in [0.15, 0.2) is 0 Å². The van der Waals surface area contributed by atoms with Crippen LogP contribution in [0.5, 0.6) is 5.75 Å². The standard InChI is InChI=1S/C28H26BrNO3/c1-4-32-28(31)22-6-5-7-24(17-22)30-20(3)9-14-26(30)25-16-19(2)8-15-27(25)33-18-21-10-12-23(29)13-11-21/h5-17H,4,18H2,1-3H3. The van der Waals surface area contributed by atoms with E-state index in [1.807, 2.05) is 55.5 Å². The fraction of sp³-hybridized carbons (Fsp3) is 0.179. The number of aromatic nitrogens is 1. The molecule has 0 aliphatic rings. The predicted octanol–water partition coefficient (Wildman–Crippen LogP) is 7.28. The molecule has 0 amide bonds. The van der Waals surface area contributed by atoms with Gasteiger partial charge in [-0.1, -0.05) is 45.8 Å². The Labute approximate surface area is 202 Å². The zero-order valence-electron chi connectivity index (χ0n) is 19.0. The van der Waals surface area contributed by atoms with Crippen molar-refractivity contribution in [1.82, 2.24) is 4.57 Å². The number of aryl methyl sites for hydroxylation is 2. The molecular formula is C28H26BrNO3. The molecule has 0 saturated carbocycles. The monoisotopic (exact) mass is 503 g/mol. The number of carbonyl (C=O) groups is 1. The Balaban J connectivity index is 1.72. The highest BCUT2D eigenvalue weighted by Crippen LogP contribution is 2.35. The number of ether oxygens (including phenoxy) is 2. The smallest absolute Gasteiger partial charge is 0.338 e.